The molecule has 1 aliphatic heterocycles. The van der Waals surface area contributed by atoms with Crippen LogP contribution >= 0.6 is 11.6 Å². The van der Waals surface area contributed by atoms with E-state index in [0.29, 0.717) is 33.7 Å². The Morgan fingerprint density at radius 2 is 1.70 bits per heavy atom. The molecule has 1 aliphatic rings. The minimum absolute atomic E-state index is 0.101. The third kappa shape index (κ3) is 3.73. The van der Waals surface area contributed by atoms with Crippen LogP contribution in [0.25, 0.3) is 22.1 Å². The molecule has 4 nitrogen and oxygen atoms in total. The first-order chi connectivity index (χ1) is 13.1. The summed E-state index contributed by atoms with van der Waals surface area (Å²) in [6.45, 7) is 2.60. The normalized spacial score (nSPS) is 15.7. The Balaban J connectivity index is 1.77. The van der Waals surface area contributed by atoms with Gasteiger partial charge in [0.25, 0.3) is 0 Å². The molecule has 1 N–H and O–H groups in total. The average molecular weight is 384 g/mol. The minimum atomic E-state index is -0.101. The van der Waals surface area contributed by atoms with E-state index in [2.05, 4.69) is 4.90 Å². The summed E-state index contributed by atoms with van der Waals surface area (Å²) >= 11 is 5.94. The van der Waals surface area contributed by atoms with Crippen LogP contribution in [0.2, 0.25) is 5.02 Å². The molecule has 1 fully saturated rings. The molecule has 0 unspecified atom stereocenters. The van der Waals surface area contributed by atoms with Gasteiger partial charge in [-0.25, -0.2) is 0 Å². The highest BCUT2D eigenvalue weighted by Crippen LogP contribution is 2.30. The van der Waals surface area contributed by atoms with Gasteiger partial charge >= 0.3 is 0 Å². The van der Waals surface area contributed by atoms with Crippen LogP contribution in [0.3, 0.4) is 0 Å². The highest BCUT2D eigenvalue weighted by molar-refractivity contribution is 6.30. The van der Waals surface area contributed by atoms with Crippen LogP contribution < -0.4 is 5.43 Å². The molecule has 0 spiro atoms. The molecule has 0 atom stereocenters. The first-order valence-electron chi connectivity index (χ1n) is 9.38. The molecule has 5 heteroatoms. The van der Waals surface area contributed by atoms with Crippen molar-refractivity contribution in [2.24, 2.45) is 0 Å². The van der Waals surface area contributed by atoms with Crippen LogP contribution in [0.1, 0.15) is 31.2 Å². The number of fused-ring (bicyclic) bond motifs is 1. The monoisotopic (exact) mass is 383 g/mol. The van der Waals surface area contributed by atoms with Gasteiger partial charge in [0.05, 0.1) is 16.5 Å². The van der Waals surface area contributed by atoms with Crippen molar-refractivity contribution in [3.8, 4) is 16.9 Å². The second kappa shape index (κ2) is 7.75. The van der Waals surface area contributed by atoms with Gasteiger partial charge in [0.2, 0.25) is 5.43 Å². The first-order valence-corrected chi connectivity index (χ1v) is 9.76. The smallest absolute Gasteiger partial charge is 0.200 e. The van der Waals surface area contributed by atoms with Gasteiger partial charge < -0.3 is 9.52 Å². The summed E-state index contributed by atoms with van der Waals surface area (Å²) in [5.74, 6) is 0.175. The van der Waals surface area contributed by atoms with Crippen LogP contribution in [0, 0.1) is 0 Å². The lowest BCUT2D eigenvalue weighted by Gasteiger charge is -2.20. The number of phenols is 1. The van der Waals surface area contributed by atoms with E-state index in [1.54, 1.807) is 36.4 Å². The van der Waals surface area contributed by atoms with E-state index < -0.39 is 0 Å². The lowest BCUT2D eigenvalue weighted by Crippen LogP contribution is -2.24. The number of rotatable bonds is 3. The number of phenolic OH excluding ortho intramolecular Hbond substituents is 1. The lowest BCUT2D eigenvalue weighted by atomic mass is 10.0. The van der Waals surface area contributed by atoms with Crippen molar-refractivity contribution in [2.45, 2.75) is 32.2 Å². The first kappa shape index (κ1) is 18.1. The molecular formula is C22H22ClNO3. The predicted octanol–water partition coefficient (Wildman–Crippen LogP) is 5.20. The molecule has 0 aliphatic carbocycles. The molecule has 27 heavy (non-hydrogen) atoms. The molecule has 0 bridgehead atoms. The zero-order valence-electron chi connectivity index (χ0n) is 15.1. The molecule has 2 heterocycles. The van der Waals surface area contributed by atoms with Crippen LogP contribution in [-0.4, -0.2) is 23.1 Å². The van der Waals surface area contributed by atoms with E-state index in [1.807, 2.05) is 0 Å². The molecule has 1 saturated heterocycles. The van der Waals surface area contributed by atoms with E-state index in [9.17, 15) is 9.90 Å². The molecule has 1 aromatic heterocycles. The summed E-state index contributed by atoms with van der Waals surface area (Å²) in [5.41, 5.74) is 2.31. The maximum Gasteiger partial charge on any atom is 0.200 e. The Kier molecular flexibility index (Phi) is 5.19. The fourth-order valence-electron chi connectivity index (χ4n) is 3.75. The van der Waals surface area contributed by atoms with Crippen LogP contribution in [-0.2, 0) is 6.54 Å². The van der Waals surface area contributed by atoms with Crippen molar-refractivity contribution < 1.29 is 9.52 Å². The Morgan fingerprint density at radius 3 is 2.41 bits per heavy atom. The van der Waals surface area contributed by atoms with Crippen molar-refractivity contribution in [1.82, 2.24) is 4.90 Å². The number of hydrogen-bond acceptors (Lipinski definition) is 4. The highest BCUT2D eigenvalue weighted by atomic mass is 35.5. The predicted molar refractivity (Wildman–Crippen MR) is 108 cm³/mol. The number of halogens is 1. The third-order valence-electron chi connectivity index (χ3n) is 5.26. The standard InChI is InChI=1S/C22H22ClNO3/c23-16-7-5-15(6-8-16)19-14-27-22-17(21(19)26)9-10-20(25)18(22)13-24-11-3-1-2-4-12-24/h5-10,14,25H,1-4,11-13H2. The van der Waals surface area contributed by atoms with Crippen molar-refractivity contribution in [3.63, 3.8) is 0 Å². The van der Waals surface area contributed by atoms with Gasteiger partial charge in [-0.1, -0.05) is 36.6 Å². The van der Waals surface area contributed by atoms with Gasteiger partial charge in [0.15, 0.2) is 0 Å². The quantitative estimate of drug-likeness (QED) is 0.675. The maximum atomic E-state index is 13.0. The lowest BCUT2D eigenvalue weighted by molar-refractivity contribution is 0.272. The molecule has 3 aromatic rings. The summed E-state index contributed by atoms with van der Waals surface area (Å²) in [4.78, 5) is 15.4. The largest absolute Gasteiger partial charge is 0.507 e. The molecule has 0 radical (unpaired) electrons. The number of nitrogens with zero attached hydrogens (tertiary/aromatic N) is 1. The van der Waals surface area contributed by atoms with Crippen molar-refractivity contribution >= 4 is 22.6 Å². The second-order valence-electron chi connectivity index (χ2n) is 7.12. The maximum absolute atomic E-state index is 13.0. The Labute approximate surface area is 163 Å². The van der Waals surface area contributed by atoms with E-state index in [4.69, 9.17) is 16.0 Å². The SMILES string of the molecule is O=c1c(-c2ccc(Cl)cc2)coc2c(CN3CCCCCC3)c(O)ccc12. The molecule has 0 amide bonds. The van der Waals surface area contributed by atoms with Crippen molar-refractivity contribution in [2.75, 3.05) is 13.1 Å². The van der Waals surface area contributed by atoms with Crippen LogP contribution in [0.5, 0.6) is 5.75 Å². The summed E-state index contributed by atoms with van der Waals surface area (Å²) in [6, 6.07) is 10.3. The number of benzene rings is 2. The van der Waals surface area contributed by atoms with Gasteiger partial charge in [-0.2, -0.15) is 0 Å². The van der Waals surface area contributed by atoms with Gasteiger partial charge in [0, 0.05) is 11.6 Å². The number of hydrogen-bond donors (Lipinski definition) is 1. The fraction of sp³-hybridized carbons (Fsp3) is 0.318. The molecule has 2 aromatic carbocycles. The van der Waals surface area contributed by atoms with Crippen LogP contribution in [0.15, 0.2) is 51.9 Å². The summed E-state index contributed by atoms with van der Waals surface area (Å²) in [6.07, 6.45) is 6.31. The minimum Gasteiger partial charge on any atom is -0.507 e. The van der Waals surface area contributed by atoms with E-state index >= 15 is 0 Å². The Hall–Kier alpha value is -2.30. The zero-order chi connectivity index (χ0) is 18.8. The van der Waals surface area contributed by atoms with E-state index in [0.717, 1.165) is 31.5 Å². The summed E-state index contributed by atoms with van der Waals surface area (Å²) in [7, 11) is 0. The fourth-order valence-corrected chi connectivity index (χ4v) is 3.87. The molecular weight excluding hydrogens is 362 g/mol. The van der Waals surface area contributed by atoms with Gasteiger partial charge in [-0.05, 0) is 55.8 Å². The van der Waals surface area contributed by atoms with E-state index in [1.165, 1.54) is 19.1 Å². The molecule has 4 rings (SSSR count). The number of aromatic hydroxyl groups is 1. The van der Waals surface area contributed by atoms with Crippen molar-refractivity contribution in [1.29, 1.82) is 0 Å². The molecule has 140 valence electrons. The summed E-state index contributed by atoms with van der Waals surface area (Å²) in [5, 5.41) is 11.5. The van der Waals surface area contributed by atoms with Gasteiger partial charge in [-0.3, -0.25) is 9.69 Å². The third-order valence-corrected chi connectivity index (χ3v) is 5.51. The van der Waals surface area contributed by atoms with E-state index in [-0.39, 0.29) is 11.2 Å². The molecule has 0 saturated carbocycles. The highest BCUT2D eigenvalue weighted by Gasteiger charge is 2.18. The topological polar surface area (TPSA) is 53.7 Å². The summed E-state index contributed by atoms with van der Waals surface area (Å²) < 4.78 is 5.87. The Bertz CT molecular complexity index is 1000. The zero-order valence-corrected chi connectivity index (χ0v) is 15.8. The van der Waals surface area contributed by atoms with Gasteiger partial charge in [-0.15, -0.1) is 0 Å². The Morgan fingerprint density at radius 1 is 1.00 bits per heavy atom. The average Bonchev–Trinajstić information content (AvgIpc) is 2.94. The van der Waals surface area contributed by atoms with Gasteiger partial charge in [0.1, 0.15) is 17.6 Å². The van der Waals surface area contributed by atoms with Crippen LogP contribution in [0.4, 0.5) is 0 Å². The van der Waals surface area contributed by atoms with Crippen molar-refractivity contribution in [3.05, 3.63) is 63.5 Å². The second-order valence-corrected chi connectivity index (χ2v) is 7.55. The number of likely N-dealkylation sites (tertiary alicyclic amines) is 1.